The second-order valence-corrected chi connectivity index (χ2v) is 33.3. The third-order valence-corrected chi connectivity index (χ3v) is 23.4. The zero-order valence-corrected chi connectivity index (χ0v) is 75.5. The first-order chi connectivity index (χ1) is 60.0. The normalized spacial score (nSPS) is 18.2. The molecule has 6 aliphatic carbocycles. The Morgan fingerprint density at radius 2 is 0.921 bits per heavy atom. The summed E-state index contributed by atoms with van der Waals surface area (Å²) in [6, 6.07) is 21.0. The fourth-order valence-electron chi connectivity index (χ4n) is 15.8. The number of fused-ring (bicyclic) bond motifs is 5. The minimum atomic E-state index is -0.923. The molecule has 8 aromatic rings. The molecule has 0 radical (unpaired) electrons. The van der Waals surface area contributed by atoms with Gasteiger partial charge in [0.1, 0.15) is 41.2 Å². The third kappa shape index (κ3) is 33.8. The van der Waals surface area contributed by atoms with E-state index in [-0.39, 0.29) is 73.0 Å². The minimum Gasteiger partial charge on any atom is -0.411 e. The highest BCUT2D eigenvalue weighted by molar-refractivity contribution is 6.02. The average Bonchev–Trinajstić information content (AvgIpc) is 0.929. The molecule has 1 saturated heterocycles. The number of nitrogens with zero attached hydrogens (tertiary/aromatic N) is 6. The molecule has 0 spiro atoms. The Balaban J connectivity index is 0.000000206. The van der Waals surface area contributed by atoms with Crippen LogP contribution in [0.4, 0.5) is 26.3 Å². The Kier molecular flexibility index (Phi) is 43.6. The number of aliphatic hydroxyl groups excluding tert-OH is 2. The van der Waals surface area contributed by atoms with Crippen molar-refractivity contribution in [3.05, 3.63) is 276 Å². The number of halogens is 7. The van der Waals surface area contributed by atoms with Gasteiger partial charge in [-0.3, -0.25) is 44.1 Å². The smallest absolute Gasteiger partial charge is 0.217 e. The standard InChI is InChI=1S/C23H29F2N3O2.C22H28F2N2O.C11H12F2O.C11H14N2O.C11H16N2.C11H13NO.C6H9NO.C5H8O.ClH/c1-3-15-9-19-20(26-12-15)5-4-6-21(19)27-13-23(30)22(28-14(2)29)10-16-7-17(24)11-18(25)8-16;1-3-15-10-19-20(25-12-15)5-4-6-21(19)26-13-22(27)14(2)7-16-8-17(23)11-18(24)9-16;1-7(11-6-14-11)2-8-3-9(12)5-10(13)4-8;1-2-8-6-9-10(12-7-8)4-3-5-11(9)13-14;1-2-8-6-9-10(12)4-3-5-11(9)13-7-8;1-2-8-6-9-10(12-7-8)4-3-5-11(9)13;7-5-2-1-3-6(8)4-5;1-3-5(2)4-6;/h7-9,11-12,21-23,27,30H,3-6,10,13H2,1-2H3,(H,28,29);8-12,14,21-22,26-27H,3-7,13H2,1-2H3;3-5,7,11H,2,6H2,1H3;6-7,14H,2-5H2,1H3;6-7,10H,2-5,12H2,1H3;6-7H,2-5H2,1H3;4H,1-3,7H2;4H,2-3H2,1H3;1H/b;;;13-11+;;;;;/t21?,22-,23+;14-,21?,22+;7-,11+;;;;;;/m000....../s1. The number of Topliss-reactive ketones (excluding diaryl/α,β-unsaturated/α-hetero) is 1. The van der Waals surface area contributed by atoms with Gasteiger partial charge < -0.3 is 47.6 Å². The Labute approximate surface area is 746 Å². The van der Waals surface area contributed by atoms with Gasteiger partial charge in [0.25, 0.3) is 0 Å². The van der Waals surface area contributed by atoms with Gasteiger partial charge in [-0.05, 0) is 294 Å². The van der Waals surface area contributed by atoms with Crippen molar-refractivity contribution >= 4 is 41.9 Å². The third-order valence-electron chi connectivity index (χ3n) is 23.4. The number of aryl methyl sites for hydroxylation is 10. The van der Waals surface area contributed by atoms with E-state index in [4.69, 9.17) is 21.4 Å². The first-order valence-corrected chi connectivity index (χ1v) is 44.6. The van der Waals surface area contributed by atoms with Crippen LogP contribution in [0.2, 0.25) is 0 Å². The lowest BCUT2D eigenvalue weighted by Crippen LogP contribution is -2.48. The van der Waals surface area contributed by atoms with Crippen LogP contribution in [0.3, 0.4) is 0 Å². The number of aromatic nitrogens is 5. The molecule has 15 rings (SSSR count). The van der Waals surface area contributed by atoms with Crippen molar-refractivity contribution in [1.82, 2.24) is 40.9 Å². The number of nitrogens with one attached hydrogen (secondary N) is 3. The number of ether oxygens (including phenoxy) is 1. The lowest BCUT2D eigenvalue weighted by Gasteiger charge is -2.29. The molecule has 682 valence electrons. The number of hydrogen-bond acceptors (Lipinski definition) is 18. The number of aliphatic hydroxyl groups is 2. The fourth-order valence-corrected chi connectivity index (χ4v) is 15.8. The van der Waals surface area contributed by atoms with Crippen molar-refractivity contribution in [2.75, 3.05) is 19.7 Å². The Bertz CT molecular complexity index is 4880. The van der Waals surface area contributed by atoms with E-state index in [2.05, 4.69) is 111 Å². The molecule has 1 aliphatic heterocycles. The zero-order valence-electron chi connectivity index (χ0n) is 74.6. The molecule has 6 heterocycles. The fraction of sp³-hybridized carbons (Fsp3) is 0.480. The molecule has 0 saturated carbocycles. The number of allylic oxidation sites excluding steroid dienone is 3. The first-order valence-electron chi connectivity index (χ1n) is 44.6. The molecule has 7 aliphatic rings. The summed E-state index contributed by atoms with van der Waals surface area (Å²) in [5, 5.41) is 43.1. The van der Waals surface area contributed by atoms with Crippen molar-refractivity contribution in [2.24, 2.45) is 28.5 Å². The summed E-state index contributed by atoms with van der Waals surface area (Å²) in [5.41, 5.74) is 32.4. The summed E-state index contributed by atoms with van der Waals surface area (Å²) in [4.78, 5) is 65.7. The van der Waals surface area contributed by atoms with E-state index >= 15 is 0 Å². The molecule has 3 aromatic carbocycles. The number of carbonyl (C=O) groups is 4. The van der Waals surface area contributed by atoms with E-state index in [1.54, 1.807) is 0 Å². The van der Waals surface area contributed by atoms with Crippen LogP contribution in [0.1, 0.15) is 276 Å². The molecule has 9 atom stereocenters. The van der Waals surface area contributed by atoms with Crippen LogP contribution in [0, 0.1) is 46.7 Å². The van der Waals surface area contributed by atoms with Crippen molar-refractivity contribution in [1.29, 1.82) is 0 Å². The second-order valence-electron chi connectivity index (χ2n) is 33.3. The quantitative estimate of drug-likeness (QED) is 0.00737. The molecule has 26 heteroatoms. The molecular formula is C100H130ClF6N11O8. The number of carbonyl (C=O) groups excluding carboxylic acids is 4. The summed E-state index contributed by atoms with van der Waals surface area (Å²) >= 11 is 0. The number of oxime groups is 1. The van der Waals surface area contributed by atoms with Crippen molar-refractivity contribution < 1.29 is 65.7 Å². The van der Waals surface area contributed by atoms with Gasteiger partial charge >= 0.3 is 0 Å². The van der Waals surface area contributed by atoms with Gasteiger partial charge in [-0.1, -0.05) is 85.3 Å². The molecule has 1 amide bonds. The lowest BCUT2D eigenvalue weighted by molar-refractivity contribution is -0.120. The van der Waals surface area contributed by atoms with Gasteiger partial charge in [-0.2, -0.15) is 0 Å². The molecule has 1 fully saturated rings. The highest BCUT2D eigenvalue weighted by atomic mass is 35.5. The van der Waals surface area contributed by atoms with E-state index in [1.165, 1.54) is 94.9 Å². The molecule has 5 aromatic heterocycles. The predicted molar refractivity (Wildman–Crippen MR) is 486 cm³/mol. The maximum absolute atomic E-state index is 13.5. The van der Waals surface area contributed by atoms with Gasteiger partial charge in [-0.15, -0.1) is 12.4 Å². The van der Waals surface area contributed by atoms with Crippen LogP contribution in [0.15, 0.2) is 145 Å². The van der Waals surface area contributed by atoms with Crippen LogP contribution < -0.4 is 27.4 Å². The summed E-state index contributed by atoms with van der Waals surface area (Å²) < 4.78 is 84.5. The maximum Gasteiger partial charge on any atom is 0.217 e. The Hall–Kier alpha value is -9.73. The lowest BCUT2D eigenvalue weighted by atomic mass is 9.89. The second kappa shape index (κ2) is 53.2. The van der Waals surface area contributed by atoms with Gasteiger partial charge in [0, 0.05) is 140 Å². The molecular weight excluding hydrogens is 1630 g/mol. The summed E-state index contributed by atoms with van der Waals surface area (Å²) in [7, 11) is 0. The number of epoxide rings is 1. The van der Waals surface area contributed by atoms with Crippen molar-refractivity contribution in [3.8, 4) is 0 Å². The molecule has 19 nitrogen and oxygen atoms in total. The summed E-state index contributed by atoms with van der Waals surface area (Å²) in [6.07, 6.45) is 35.0. The van der Waals surface area contributed by atoms with Crippen LogP contribution in [-0.4, -0.2) is 114 Å². The number of aldehydes is 1. The van der Waals surface area contributed by atoms with Gasteiger partial charge in [-0.25, -0.2) is 26.3 Å². The van der Waals surface area contributed by atoms with Crippen molar-refractivity contribution in [2.45, 2.75) is 278 Å². The van der Waals surface area contributed by atoms with Crippen LogP contribution >= 0.6 is 12.4 Å². The number of nitrogens with two attached hydrogens (primary N) is 2. The van der Waals surface area contributed by atoms with Gasteiger partial charge in [0.15, 0.2) is 11.6 Å². The number of benzene rings is 3. The predicted octanol–water partition coefficient (Wildman–Crippen LogP) is 18.1. The molecule has 10 N–H and O–H groups in total. The Morgan fingerprint density at radius 1 is 0.524 bits per heavy atom. The SMILES string of the molecule is C=C(C=O)CC.CCc1cnc2c(c1)/C(=N/O)CCC2.CCc1cnc2c(c1)C(=O)CCC2.CCc1cnc2c(c1)C(N)CCC2.CCc1cnc2c(c1)C(NC[C@@H](O)[C@@H](C)Cc1cc(F)cc(F)c1)CCC2.CCc1cnc2c(c1)C(NC[C@@H](O)[C@H](Cc1cc(F)cc(F)c1)NC(C)=O)CCC2.C[C@@H](Cc1cc(F)cc(F)c1)[C@H]1CO1.Cl.NC1=CC(=O)CCC1. The molecule has 3 unspecified atom stereocenters. The van der Waals surface area contributed by atoms with Gasteiger partial charge in [0.05, 0.1) is 42.4 Å². The van der Waals surface area contributed by atoms with Crippen molar-refractivity contribution in [3.63, 3.8) is 0 Å². The van der Waals surface area contributed by atoms with E-state index in [0.717, 1.165) is 222 Å². The number of pyridine rings is 5. The van der Waals surface area contributed by atoms with Gasteiger partial charge in [0.2, 0.25) is 5.91 Å². The van der Waals surface area contributed by atoms with Crippen LogP contribution in [0.5, 0.6) is 0 Å². The summed E-state index contributed by atoms with van der Waals surface area (Å²) in [6.45, 7) is 22.6. The maximum atomic E-state index is 13.5. The van der Waals surface area contributed by atoms with E-state index in [1.807, 2.05) is 57.8 Å². The number of hydrogen-bond donors (Lipinski definition) is 8. The van der Waals surface area contributed by atoms with E-state index in [9.17, 15) is 55.7 Å². The molecule has 0 bridgehead atoms. The average molecular weight is 1760 g/mol. The number of amides is 1. The number of rotatable bonds is 23. The zero-order chi connectivity index (χ0) is 90.7. The largest absolute Gasteiger partial charge is 0.411 e. The highest BCUT2D eigenvalue weighted by Crippen LogP contribution is 2.33. The summed E-state index contributed by atoms with van der Waals surface area (Å²) in [5.74, 6) is -3.19. The van der Waals surface area contributed by atoms with E-state index in [0.29, 0.717) is 60.4 Å². The van der Waals surface area contributed by atoms with Crippen LogP contribution in [-0.2, 0) is 103 Å². The number of ketones is 2. The Morgan fingerprint density at radius 3 is 1.34 bits per heavy atom. The molecule has 126 heavy (non-hydrogen) atoms. The van der Waals surface area contributed by atoms with E-state index < -0.39 is 53.2 Å². The highest BCUT2D eigenvalue weighted by Gasteiger charge is 2.31. The topological polar surface area (TPSA) is 306 Å². The van der Waals surface area contributed by atoms with Crippen LogP contribution in [0.25, 0.3) is 0 Å². The monoisotopic (exact) mass is 1760 g/mol. The minimum absolute atomic E-state index is 0. The first kappa shape index (κ1) is 103.